The van der Waals surface area contributed by atoms with Crippen LogP contribution in [0.5, 0.6) is 0 Å². The Morgan fingerprint density at radius 1 is 1.13 bits per heavy atom. The highest BCUT2D eigenvalue weighted by molar-refractivity contribution is 6.06. The van der Waals surface area contributed by atoms with Crippen molar-refractivity contribution in [2.24, 2.45) is 5.92 Å². The van der Waals surface area contributed by atoms with Gasteiger partial charge in [-0.3, -0.25) is 19.4 Å². The number of likely N-dealkylation sites (tertiary alicyclic amines) is 2. The molecule has 3 amide bonds. The van der Waals surface area contributed by atoms with Gasteiger partial charge < -0.3 is 15.1 Å². The molecule has 1 atom stereocenters. The molecule has 2 saturated heterocycles. The molecule has 4 rings (SSSR count). The van der Waals surface area contributed by atoms with E-state index < -0.39 is 5.92 Å². The van der Waals surface area contributed by atoms with Gasteiger partial charge >= 0.3 is 0 Å². The minimum atomic E-state index is -0.449. The average molecular weight is 406 g/mol. The number of hydrogen-bond donors (Lipinski definition) is 1. The summed E-state index contributed by atoms with van der Waals surface area (Å²) in [5.41, 5.74) is 2.70. The molecule has 7 nitrogen and oxygen atoms in total. The lowest BCUT2D eigenvalue weighted by molar-refractivity contribution is -0.128. The Bertz CT molecular complexity index is 954. The molecule has 2 aliphatic heterocycles. The summed E-state index contributed by atoms with van der Waals surface area (Å²) in [5, 5.41) is 2.95. The van der Waals surface area contributed by atoms with Crippen molar-refractivity contribution in [3.05, 3.63) is 59.4 Å². The molecule has 3 heterocycles. The maximum Gasteiger partial charge on any atom is 0.255 e. The number of aromatic nitrogens is 1. The Hall–Kier alpha value is -3.22. The Morgan fingerprint density at radius 2 is 1.93 bits per heavy atom. The summed E-state index contributed by atoms with van der Waals surface area (Å²) < 4.78 is 0. The van der Waals surface area contributed by atoms with E-state index in [2.05, 4.69) is 10.3 Å². The zero-order valence-corrected chi connectivity index (χ0v) is 17.1. The van der Waals surface area contributed by atoms with Crippen molar-refractivity contribution in [3.8, 4) is 0 Å². The van der Waals surface area contributed by atoms with Gasteiger partial charge in [-0.1, -0.05) is 18.2 Å². The first-order chi connectivity index (χ1) is 14.5. The standard InChI is InChI=1S/C23H26N4O3/c1-16-7-6-9-19(23(30)26-11-4-5-12-26)21(16)25-22(29)17-13-20(28)27(14-17)15-18-8-2-3-10-24-18/h2-3,6-10,17H,4-5,11-15H2,1H3,(H,25,29). The van der Waals surface area contributed by atoms with Crippen LogP contribution in [0.4, 0.5) is 5.69 Å². The van der Waals surface area contributed by atoms with Gasteiger partial charge in [0, 0.05) is 32.3 Å². The number of pyridine rings is 1. The van der Waals surface area contributed by atoms with Crippen LogP contribution in [0.15, 0.2) is 42.6 Å². The van der Waals surface area contributed by atoms with Crippen LogP contribution in [0, 0.1) is 12.8 Å². The molecule has 156 valence electrons. The number of benzene rings is 1. The van der Waals surface area contributed by atoms with E-state index in [4.69, 9.17) is 0 Å². The molecule has 2 aliphatic rings. The zero-order chi connectivity index (χ0) is 21.1. The van der Waals surface area contributed by atoms with Crippen molar-refractivity contribution in [1.82, 2.24) is 14.8 Å². The molecular formula is C23H26N4O3. The fraction of sp³-hybridized carbons (Fsp3) is 0.391. The van der Waals surface area contributed by atoms with Crippen LogP contribution >= 0.6 is 0 Å². The summed E-state index contributed by atoms with van der Waals surface area (Å²) >= 11 is 0. The van der Waals surface area contributed by atoms with Crippen LogP contribution in [0.25, 0.3) is 0 Å². The van der Waals surface area contributed by atoms with Gasteiger partial charge in [0.15, 0.2) is 0 Å². The number of nitrogens with zero attached hydrogens (tertiary/aromatic N) is 3. The first-order valence-corrected chi connectivity index (χ1v) is 10.4. The van der Waals surface area contributed by atoms with Crippen LogP contribution in [0.2, 0.25) is 0 Å². The number of carbonyl (C=O) groups excluding carboxylic acids is 3. The third-order valence-electron chi connectivity index (χ3n) is 5.81. The number of amides is 3. The van der Waals surface area contributed by atoms with Gasteiger partial charge in [0.2, 0.25) is 11.8 Å². The van der Waals surface area contributed by atoms with Crippen molar-refractivity contribution in [2.75, 3.05) is 25.0 Å². The number of para-hydroxylation sites is 1. The van der Waals surface area contributed by atoms with E-state index in [1.165, 1.54) is 0 Å². The lowest BCUT2D eigenvalue weighted by atomic mass is 10.0. The molecule has 1 aromatic heterocycles. The molecule has 2 fully saturated rings. The number of aryl methyl sites for hydroxylation is 1. The van der Waals surface area contributed by atoms with Gasteiger partial charge in [-0.25, -0.2) is 0 Å². The average Bonchev–Trinajstić information content (AvgIpc) is 3.40. The number of rotatable bonds is 5. The molecule has 0 radical (unpaired) electrons. The van der Waals surface area contributed by atoms with E-state index in [1.54, 1.807) is 17.2 Å². The Labute approximate surface area is 176 Å². The topological polar surface area (TPSA) is 82.6 Å². The van der Waals surface area contributed by atoms with E-state index in [1.807, 2.05) is 42.2 Å². The van der Waals surface area contributed by atoms with E-state index in [9.17, 15) is 14.4 Å². The van der Waals surface area contributed by atoms with Crippen molar-refractivity contribution < 1.29 is 14.4 Å². The molecule has 2 aromatic rings. The Kier molecular flexibility index (Phi) is 5.79. The highest BCUT2D eigenvalue weighted by atomic mass is 16.2. The zero-order valence-electron chi connectivity index (χ0n) is 17.1. The second kappa shape index (κ2) is 8.65. The number of hydrogen-bond acceptors (Lipinski definition) is 4. The monoisotopic (exact) mass is 406 g/mol. The number of carbonyl (C=O) groups is 3. The second-order valence-electron chi connectivity index (χ2n) is 7.98. The Morgan fingerprint density at radius 3 is 2.67 bits per heavy atom. The molecular weight excluding hydrogens is 380 g/mol. The van der Waals surface area contributed by atoms with Crippen LogP contribution < -0.4 is 5.32 Å². The predicted octanol–water partition coefficient (Wildman–Crippen LogP) is 2.61. The number of nitrogens with one attached hydrogen (secondary N) is 1. The summed E-state index contributed by atoms with van der Waals surface area (Å²) in [6.07, 6.45) is 3.88. The van der Waals surface area contributed by atoms with Gasteiger partial charge in [-0.2, -0.15) is 0 Å². The summed E-state index contributed by atoms with van der Waals surface area (Å²) in [4.78, 5) is 46.1. The lowest BCUT2D eigenvalue weighted by Gasteiger charge is -2.20. The molecule has 1 N–H and O–H groups in total. The van der Waals surface area contributed by atoms with Crippen LogP contribution in [-0.4, -0.2) is 52.1 Å². The van der Waals surface area contributed by atoms with E-state index in [-0.39, 0.29) is 24.1 Å². The summed E-state index contributed by atoms with van der Waals surface area (Å²) in [6, 6.07) is 11.0. The second-order valence-corrected chi connectivity index (χ2v) is 7.98. The van der Waals surface area contributed by atoms with Crippen LogP contribution in [-0.2, 0) is 16.1 Å². The van der Waals surface area contributed by atoms with Gasteiger partial charge in [0.25, 0.3) is 5.91 Å². The molecule has 0 aliphatic carbocycles. The van der Waals surface area contributed by atoms with E-state index >= 15 is 0 Å². The van der Waals surface area contributed by atoms with Gasteiger partial charge in [0.1, 0.15) is 0 Å². The SMILES string of the molecule is Cc1cccc(C(=O)N2CCCC2)c1NC(=O)C1CC(=O)N(Cc2ccccn2)C1. The maximum absolute atomic E-state index is 13.0. The minimum Gasteiger partial charge on any atom is -0.339 e. The van der Waals surface area contributed by atoms with Crippen molar-refractivity contribution >= 4 is 23.4 Å². The molecule has 30 heavy (non-hydrogen) atoms. The van der Waals surface area contributed by atoms with Crippen molar-refractivity contribution in [3.63, 3.8) is 0 Å². The maximum atomic E-state index is 13.0. The van der Waals surface area contributed by atoms with Gasteiger partial charge in [-0.15, -0.1) is 0 Å². The first-order valence-electron chi connectivity index (χ1n) is 10.4. The van der Waals surface area contributed by atoms with Crippen LogP contribution in [0.1, 0.15) is 40.9 Å². The highest BCUT2D eigenvalue weighted by Gasteiger charge is 2.35. The quantitative estimate of drug-likeness (QED) is 0.828. The fourth-order valence-corrected chi connectivity index (χ4v) is 4.12. The molecule has 0 saturated carbocycles. The fourth-order valence-electron chi connectivity index (χ4n) is 4.12. The third-order valence-corrected chi connectivity index (χ3v) is 5.81. The van der Waals surface area contributed by atoms with E-state index in [0.29, 0.717) is 24.3 Å². The molecule has 1 aromatic carbocycles. The highest BCUT2D eigenvalue weighted by Crippen LogP contribution is 2.27. The summed E-state index contributed by atoms with van der Waals surface area (Å²) in [7, 11) is 0. The van der Waals surface area contributed by atoms with Gasteiger partial charge in [0.05, 0.1) is 29.4 Å². The third kappa shape index (κ3) is 4.20. The normalized spacial score (nSPS) is 18.7. The summed E-state index contributed by atoms with van der Waals surface area (Å²) in [5.74, 6) is -0.781. The van der Waals surface area contributed by atoms with Crippen LogP contribution in [0.3, 0.4) is 0 Å². The predicted molar refractivity (Wildman–Crippen MR) is 113 cm³/mol. The van der Waals surface area contributed by atoms with Crippen molar-refractivity contribution in [2.45, 2.75) is 32.7 Å². The smallest absolute Gasteiger partial charge is 0.255 e. The van der Waals surface area contributed by atoms with Crippen molar-refractivity contribution in [1.29, 1.82) is 0 Å². The minimum absolute atomic E-state index is 0.0502. The first kappa shape index (κ1) is 20.1. The number of anilines is 1. The molecule has 0 spiro atoms. The van der Waals surface area contributed by atoms with Gasteiger partial charge in [-0.05, 0) is 43.5 Å². The molecule has 1 unspecified atom stereocenters. The lowest BCUT2D eigenvalue weighted by Crippen LogP contribution is -2.31. The molecule has 7 heteroatoms. The largest absolute Gasteiger partial charge is 0.339 e. The summed E-state index contributed by atoms with van der Waals surface area (Å²) in [6.45, 7) is 4.12. The van der Waals surface area contributed by atoms with E-state index in [0.717, 1.165) is 37.2 Å². The Balaban J connectivity index is 1.46. The molecule has 0 bridgehead atoms.